The van der Waals surface area contributed by atoms with Gasteiger partial charge >= 0.3 is 0 Å². The number of aryl methyl sites for hydroxylation is 1. The fourth-order valence-electron chi connectivity index (χ4n) is 3.30. The van der Waals surface area contributed by atoms with Crippen LogP contribution in [0.1, 0.15) is 24.1 Å². The zero-order valence-electron chi connectivity index (χ0n) is 14.1. The molecule has 0 unspecified atom stereocenters. The first-order chi connectivity index (χ1) is 11.6. The van der Waals surface area contributed by atoms with Crippen molar-refractivity contribution < 1.29 is 9.47 Å². The highest BCUT2D eigenvalue weighted by Crippen LogP contribution is 2.41. The molecule has 2 heterocycles. The molecule has 1 aromatic carbocycles. The Morgan fingerprint density at radius 3 is 2.75 bits per heavy atom. The third-order valence-electron chi connectivity index (χ3n) is 4.68. The van der Waals surface area contributed by atoms with Crippen LogP contribution in [0.15, 0.2) is 36.4 Å². The van der Waals surface area contributed by atoms with Gasteiger partial charge in [-0.05, 0) is 50.1 Å². The number of ether oxygens (including phenoxy) is 2. The van der Waals surface area contributed by atoms with E-state index in [0.717, 1.165) is 60.4 Å². The molecule has 0 radical (unpaired) electrons. The van der Waals surface area contributed by atoms with Gasteiger partial charge in [-0.3, -0.25) is 0 Å². The molecule has 24 heavy (non-hydrogen) atoms. The van der Waals surface area contributed by atoms with Gasteiger partial charge in [-0.15, -0.1) is 0 Å². The lowest BCUT2D eigenvalue weighted by Crippen LogP contribution is -2.40. The van der Waals surface area contributed by atoms with Crippen LogP contribution < -0.4 is 10.1 Å². The molecule has 1 aliphatic rings. The minimum atomic E-state index is -0.0834. The van der Waals surface area contributed by atoms with Crippen molar-refractivity contribution in [3.8, 4) is 5.75 Å². The van der Waals surface area contributed by atoms with E-state index in [2.05, 4.69) is 10.3 Å². The first-order valence-corrected chi connectivity index (χ1v) is 8.60. The number of hydrogen-bond donors (Lipinski definition) is 1. The summed E-state index contributed by atoms with van der Waals surface area (Å²) in [4.78, 5) is 4.54. The quantitative estimate of drug-likeness (QED) is 0.880. The maximum absolute atomic E-state index is 6.27. The molecule has 1 aromatic heterocycles. The molecule has 0 saturated carbocycles. The fourth-order valence-corrected chi connectivity index (χ4v) is 3.47. The van der Waals surface area contributed by atoms with Crippen LogP contribution in [0, 0.1) is 6.92 Å². The number of nitrogens with one attached hydrogen (secondary N) is 1. The smallest absolute Gasteiger partial charge is 0.126 e. The summed E-state index contributed by atoms with van der Waals surface area (Å²) >= 11 is 6.27. The van der Waals surface area contributed by atoms with Crippen LogP contribution >= 0.6 is 11.6 Å². The molecule has 3 rings (SSSR count). The topological polar surface area (TPSA) is 43.4 Å². The molecule has 1 aliphatic heterocycles. The highest BCUT2D eigenvalue weighted by atomic mass is 35.5. The second-order valence-electron chi connectivity index (χ2n) is 6.26. The van der Waals surface area contributed by atoms with Gasteiger partial charge in [0.1, 0.15) is 11.6 Å². The molecular weight excluding hydrogens is 324 g/mol. The number of pyridine rings is 1. The normalized spacial score (nSPS) is 16.6. The van der Waals surface area contributed by atoms with Crippen LogP contribution in [0.2, 0.25) is 5.02 Å². The zero-order chi connectivity index (χ0) is 17.0. The molecule has 1 N–H and O–H groups in total. The van der Waals surface area contributed by atoms with E-state index >= 15 is 0 Å². The Morgan fingerprint density at radius 2 is 2.04 bits per heavy atom. The third kappa shape index (κ3) is 3.65. The molecule has 0 spiro atoms. The largest absolute Gasteiger partial charge is 0.496 e. The molecule has 5 heteroatoms. The molecule has 0 aliphatic carbocycles. The Bertz CT molecular complexity index is 700. The lowest BCUT2D eigenvalue weighted by molar-refractivity contribution is 0.0535. The van der Waals surface area contributed by atoms with Crippen molar-refractivity contribution in [2.45, 2.75) is 25.2 Å². The summed E-state index contributed by atoms with van der Waals surface area (Å²) < 4.78 is 11.2. The Hall–Kier alpha value is -1.78. The highest BCUT2D eigenvalue weighted by molar-refractivity contribution is 6.30. The maximum Gasteiger partial charge on any atom is 0.126 e. The third-order valence-corrected chi connectivity index (χ3v) is 4.91. The van der Waals surface area contributed by atoms with E-state index in [1.165, 1.54) is 0 Å². The minimum absolute atomic E-state index is 0.0834. The SMILES string of the molecule is COc1ccc(Cl)cc1C1(CNc2cccc(C)n2)CCOCC1. The molecule has 0 bridgehead atoms. The summed E-state index contributed by atoms with van der Waals surface area (Å²) in [6.45, 7) is 4.23. The Labute approximate surface area is 148 Å². The van der Waals surface area contributed by atoms with Crippen molar-refractivity contribution >= 4 is 17.4 Å². The number of nitrogens with zero attached hydrogens (tertiary/aromatic N) is 1. The molecule has 1 fully saturated rings. The van der Waals surface area contributed by atoms with Crippen molar-refractivity contribution in [2.24, 2.45) is 0 Å². The molecule has 0 atom stereocenters. The lowest BCUT2D eigenvalue weighted by Gasteiger charge is -2.39. The number of hydrogen-bond acceptors (Lipinski definition) is 4. The summed E-state index contributed by atoms with van der Waals surface area (Å²) in [5.41, 5.74) is 2.06. The van der Waals surface area contributed by atoms with Crippen LogP contribution in [0.4, 0.5) is 5.82 Å². The highest BCUT2D eigenvalue weighted by Gasteiger charge is 2.37. The lowest BCUT2D eigenvalue weighted by atomic mass is 9.73. The fraction of sp³-hybridized carbons (Fsp3) is 0.421. The molecule has 2 aromatic rings. The monoisotopic (exact) mass is 346 g/mol. The van der Waals surface area contributed by atoms with Gasteiger partial charge in [0.15, 0.2) is 0 Å². The van der Waals surface area contributed by atoms with Crippen LogP contribution in [-0.4, -0.2) is 31.9 Å². The van der Waals surface area contributed by atoms with Crippen molar-refractivity contribution in [1.82, 2.24) is 4.98 Å². The van der Waals surface area contributed by atoms with E-state index < -0.39 is 0 Å². The number of methoxy groups -OCH3 is 1. The van der Waals surface area contributed by atoms with E-state index in [0.29, 0.717) is 0 Å². The summed E-state index contributed by atoms with van der Waals surface area (Å²) in [7, 11) is 1.70. The second-order valence-corrected chi connectivity index (χ2v) is 6.69. The minimum Gasteiger partial charge on any atom is -0.496 e. The van der Waals surface area contributed by atoms with Crippen LogP contribution in [-0.2, 0) is 10.2 Å². The first kappa shape index (κ1) is 17.1. The summed E-state index contributed by atoms with van der Waals surface area (Å²) in [6.07, 6.45) is 1.84. The van der Waals surface area contributed by atoms with E-state index in [9.17, 15) is 0 Å². The van der Waals surface area contributed by atoms with Crippen LogP contribution in [0.25, 0.3) is 0 Å². The average Bonchev–Trinajstić information content (AvgIpc) is 2.61. The van der Waals surface area contributed by atoms with Gasteiger partial charge in [0.05, 0.1) is 7.11 Å². The Kier molecular flexibility index (Phi) is 5.27. The molecule has 1 saturated heterocycles. The summed E-state index contributed by atoms with van der Waals surface area (Å²) in [6, 6.07) is 11.8. The molecular formula is C19H23ClN2O2. The van der Waals surface area contributed by atoms with E-state index in [-0.39, 0.29) is 5.41 Å². The summed E-state index contributed by atoms with van der Waals surface area (Å²) in [5.74, 6) is 1.77. The zero-order valence-corrected chi connectivity index (χ0v) is 14.9. The number of rotatable bonds is 5. The van der Waals surface area contributed by atoms with Crippen molar-refractivity contribution in [1.29, 1.82) is 0 Å². The van der Waals surface area contributed by atoms with Gasteiger partial charge in [-0.25, -0.2) is 4.98 Å². The second kappa shape index (κ2) is 7.41. The van der Waals surface area contributed by atoms with Crippen molar-refractivity contribution in [2.75, 3.05) is 32.2 Å². The standard InChI is InChI=1S/C19H23ClN2O2/c1-14-4-3-5-18(22-14)21-13-19(8-10-24-11-9-19)16-12-15(20)6-7-17(16)23-2/h3-7,12H,8-11,13H2,1-2H3,(H,21,22). The van der Waals surface area contributed by atoms with Crippen molar-refractivity contribution in [3.63, 3.8) is 0 Å². The van der Waals surface area contributed by atoms with E-state index in [1.54, 1.807) is 7.11 Å². The van der Waals surface area contributed by atoms with Crippen LogP contribution in [0.5, 0.6) is 5.75 Å². The van der Waals surface area contributed by atoms with E-state index in [1.807, 2.05) is 43.3 Å². The number of anilines is 1. The number of benzene rings is 1. The van der Waals surface area contributed by atoms with Gasteiger partial charge in [-0.2, -0.15) is 0 Å². The van der Waals surface area contributed by atoms with Gasteiger partial charge in [0.2, 0.25) is 0 Å². The molecule has 4 nitrogen and oxygen atoms in total. The Morgan fingerprint density at radius 1 is 1.25 bits per heavy atom. The molecule has 0 amide bonds. The van der Waals surface area contributed by atoms with Gasteiger partial charge in [0.25, 0.3) is 0 Å². The van der Waals surface area contributed by atoms with Crippen molar-refractivity contribution in [3.05, 3.63) is 52.7 Å². The predicted octanol–water partition coefficient (Wildman–Crippen LogP) is 4.21. The number of aromatic nitrogens is 1. The number of halogens is 1. The maximum atomic E-state index is 6.27. The van der Waals surface area contributed by atoms with Gasteiger partial charge in [-0.1, -0.05) is 17.7 Å². The van der Waals surface area contributed by atoms with E-state index in [4.69, 9.17) is 21.1 Å². The Balaban J connectivity index is 1.91. The van der Waals surface area contributed by atoms with Gasteiger partial charge in [0, 0.05) is 41.5 Å². The summed E-state index contributed by atoms with van der Waals surface area (Å²) in [5, 5.41) is 4.23. The molecule has 128 valence electrons. The van der Waals surface area contributed by atoms with Crippen LogP contribution in [0.3, 0.4) is 0 Å². The predicted molar refractivity (Wildman–Crippen MR) is 97.2 cm³/mol. The first-order valence-electron chi connectivity index (χ1n) is 8.22. The average molecular weight is 347 g/mol. The van der Waals surface area contributed by atoms with Gasteiger partial charge < -0.3 is 14.8 Å².